The molecule has 2 aromatic heterocycles. The van der Waals surface area contributed by atoms with Gasteiger partial charge in [0.05, 0.1) is 0 Å². The maximum atomic E-state index is 6.71. The summed E-state index contributed by atoms with van der Waals surface area (Å²) < 4.78 is 6.71. The summed E-state index contributed by atoms with van der Waals surface area (Å²) in [5.41, 5.74) is 13.4. The highest BCUT2D eigenvalue weighted by atomic mass is 16.3. The molecule has 8 aromatic carbocycles. The van der Waals surface area contributed by atoms with E-state index >= 15 is 0 Å². The topological polar surface area (TPSA) is 51.8 Å². The Morgan fingerprint density at radius 3 is 1.29 bits per heavy atom. The minimum atomic E-state index is 0.587. The van der Waals surface area contributed by atoms with E-state index in [4.69, 9.17) is 19.4 Å². The second kappa shape index (κ2) is 13.8. The van der Waals surface area contributed by atoms with E-state index in [1.54, 1.807) is 0 Å². The minimum Gasteiger partial charge on any atom is -0.455 e. The average molecular weight is 704 g/mol. The molecular formula is C51H33N3O. The van der Waals surface area contributed by atoms with E-state index in [1.165, 1.54) is 5.56 Å². The number of hydrogen-bond acceptors (Lipinski definition) is 4. The van der Waals surface area contributed by atoms with Crippen molar-refractivity contribution >= 4 is 21.9 Å². The molecule has 4 heteroatoms. The molecule has 2 heterocycles. The number of fused-ring (bicyclic) bond motifs is 3. The van der Waals surface area contributed by atoms with Gasteiger partial charge in [-0.25, -0.2) is 15.0 Å². The molecule has 10 rings (SSSR count). The van der Waals surface area contributed by atoms with Gasteiger partial charge in [-0.3, -0.25) is 0 Å². The first-order valence-electron chi connectivity index (χ1n) is 18.4. The normalized spacial score (nSPS) is 11.3. The third-order valence-corrected chi connectivity index (χ3v) is 10.2. The fourth-order valence-electron chi connectivity index (χ4n) is 7.40. The second-order valence-electron chi connectivity index (χ2n) is 13.6. The molecule has 10 aromatic rings. The zero-order valence-corrected chi connectivity index (χ0v) is 29.8. The van der Waals surface area contributed by atoms with Crippen LogP contribution in [0.5, 0.6) is 0 Å². The van der Waals surface area contributed by atoms with E-state index in [9.17, 15) is 0 Å². The SMILES string of the molecule is c1ccc(-c2ccc(-c3nc(-c4ccc(-c5ccccc5)cc4)nc(-c4cccc5oc6c(-c7cccc(-c8ccccc8)c7)cccc6c45)n3)cc2)cc1. The van der Waals surface area contributed by atoms with Crippen LogP contribution < -0.4 is 0 Å². The van der Waals surface area contributed by atoms with Gasteiger partial charge < -0.3 is 4.42 Å². The number of nitrogens with zero attached hydrogens (tertiary/aromatic N) is 3. The molecule has 0 aliphatic carbocycles. The molecule has 0 aliphatic heterocycles. The monoisotopic (exact) mass is 703 g/mol. The largest absolute Gasteiger partial charge is 0.455 e. The molecule has 0 saturated carbocycles. The Hall–Kier alpha value is -7.43. The van der Waals surface area contributed by atoms with E-state index in [-0.39, 0.29) is 0 Å². The fourth-order valence-corrected chi connectivity index (χ4v) is 7.40. The minimum absolute atomic E-state index is 0.587. The number of aromatic nitrogens is 3. The fraction of sp³-hybridized carbons (Fsp3) is 0. The van der Waals surface area contributed by atoms with Crippen LogP contribution in [0.2, 0.25) is 0 Å². The third kappa shape index (κ3) is 6.16. The number of benzene rings is 8. The van der Waals surface area contributed by atoms with Crippen LogP contribution in [0.3, 0.4) is 0 Å². The first-order valence-corrected chi connectivity index (χ1v) is 18.4. The maximum absolute atomic E-state index is 6.71. The van der Waals surface area contributed by atoms with Crippen molar-refractivity contribution in [1.29, 1.82) is 0 Å². The summed E-state index contributed by atoms with van der Waals surface area (Å²) in [7, 11) is 0. The zero-order chi connectivity index (χ0) is 36.6. The van der Waals surface area contributed by atoms with Gasteiger partial charge in [-0.05, 0) is 51.1 Å². The lowest BCUT2D eigenvalue weighted by molar-refractivity contribution is 0.670. The van der Waals surface area contributed by atoms with Crippen molar-refractivity contribution < 1.29 is 4.42 Å². The summed E-state index contributed by atoms with van der Waals surface area (Å²) >= 11 is 0. The average Bonchev–Trinajstić information content (AvgIpc) is 3.67. The van der Waals surface area contributed by atoms with E-state index in [1.807, 2.05) is 30.3 Å². The molecule has 0 N–H and O–H groups in total. The summed E-state index contributed by atoms with van der Waals surface area (Å²) in [5.74, 6) is 1.80. The Kier molecular flexibility index (Phi) is 8.12. The number of rotatable bonds is 7. The summed E-state index contributed by atoms with van der Waals surface area (Å²) in [4.78, 5) is 15.4. The van der Waals surface area contributed by atoms with Gasteiger partial charge in [-0.15, -0.1) is 0 Å². The van der Waals surface area contributed by atoms with Crippen LogP contribution in [0.1, 0.15) is 0 Å². The van der Waals surface area contributed by atoms with Crippen LogP contribution in [0.25, 0.3) is 101 Å². The highest BCUT2D eigenvalue weighted by molar-refractivity contribution is 6.15. The molecule has 55 heavy (non-hydrogen) atoms. The van der Waals surface area contributed by atoms with Crippen LogP contribution in [-0.2, 0) is 0 Å². The Labute approximate surface area is 319 Å². The van der Waals surface area contributed by atoms with E-state index < -0.39 is 0 Å². The van der Waals surface area contributed by atoms with Crippen molar-refractivity contribution in [3.63, 3.8) is 0 Å². The number of hydrogen-bond donors (Lipinski definition) is 0. The van der Waals surface area contributed by atoms with Crippen LogP contribution >= 0.6 is 0 Å². The first kappa shape index (κ1) is 32.2. The number of furan rings is 1. The Balaban J connectivity index is 1.12. The predicted molar refractivity (Wildman–Crippen MR) is 225 cm³/mol. The van der Waals surface area contributed by atoms with E-state index in [0.29, 0.717) is 17.5 Å². The Morgan fingerprint density at radius 1 is 0.291 bits per heavy atom. The Bertz CT molecular complexity index is 2840. The highest BCUT2D eigenvalue weighted by Crippen LogP contribution is 2.41. The van der Waals surface area contributed by atoms with Crippen molar-refractivity contribution in [1.82, 2.24) is 15.0 Å². The van der Waals surface area contributed by atoms with Crippen molar-refractivity contribution in [2.24, 2.45) is 0 Å². The van der Waals surface area contributed by atoms with Gasteiger partial charge in [0.15, 0.2) is 17.5 Å². The molecule has 0 aliphatic rings. The molecule has 0 fully saturated rings. The van der Waals surface area contributed by atoms with Crippen molar-refractivity contribution in [2.75, 3.05) is 0 Å². The lowest BCUT2D eigenvalue weighted by atomic mass is 9.97. The van der Waals surface area contributed by atoms with Crippen molar-refractivity contribution in [3.8, 4) is 78.7 Å². The second-order valence-corrected chi connectivity index (χ2v) is 13.6. The molecule has 0 atom stereocenters. The lowest BCUT2D eigenvalue weighted by Gasteiger charge is -2.10. The molecule has 0 amide bonds. The molecule has 4 nitrogen and oxygen atoms in total. The maximum Gasteiger partial charge on any atom is 0.164 e. The van der Waals surface area contributed by atoms with Gasteiger partial charge >= 0.3 is 0 Å². The number of para-hydroxylation sites is 1. The molecule has 0 unspecified atom stereocenters. The summed E-state index contributed by atoms with van der Waals surface area (Å²) in [6, 6.07) is 69.2. The molecule has 258 valence electrons. The van der Waals surface area contributed by atoms with E-state index in [0.717, 1.165) is 77.6 Å². The van der Waals surface area contributed by atoms with Gasteiger partial charge in [0.1, 0.15) is 11.2 Å². The quantitative estimate of drug-likeness (QED) is 0.166. The molecule has 0 spiro atoms. The molecule has 0 radical (unpaired) electrons. The standard InChI is InChI=1S/C51H33N3O/c1-4-13-34(14-5-1)37-25-29-39(30-26-37)49-52-50(40-31-27-38(28-32-40)35-15-6-2-7-16-35)54-51(53-49)45-23-12-24-46-47(45)44-22-11-21-43(48(44)55-46)42-20-10-19-41(33-42)36-17-8-3-9-18-36/h1-33H. The van der Waals surface area contributed by atoms with Crippen LogP contribution in [-0.4, -0.2) is 15.0 Å². The Morgan fingerprint density at radius 2 is 0.709 bits per heavy atom. The predicted octanol–water partition coefficient (Wildman–Crippen LogP) is 13.4. The smallest absolute Gasteiger partial charge is 0.164 e. The van der Waals surface area contributed by atoms with Gasteiger partial charge in [-0.2, -0.15) is 0 Å². The van der Waals surface area contributed by atoms with Crippen LogP contribution in [0, 0.1) is 0 Å². The molecule has 0 saturated heterocycles. The van der Waals surface area contributed by atoms with E-state index in [2.05, 4.69) is 170 Å². The van der Waals surface area contributed by atoms with Gasteiger partial charge in [0.2, 0.25) is 0 Å². The van der Waals surface area contributed by atoms with Gasteiger partial charge in [0, 0.05) is 33.0 Å². The first-order chi connectivity index (χ1) is 27.2. The van der Waals surface area contributed by atoms with Crippen LogP contribution in [0.15, 0.2) is 205 Å². The molecule has 0 bridgehead atoms. The molecular weight excluding hydrogens is 671 g/mol. The highest BCUT2D eigenvalue weighted by Gasteiger charge is 2.20. The van der Waals surface area contributed by atoms with Crippen LogP contribution in [0.4, 0.5) is 0 Å². The summed E-state index contributed by atoms with van der Waals surface area (Å²) in [5, 5.41) is 1.98. The summed E-state index contributed by atoms with van der Waals surface area (Å²) in [6.45, 7) is 0. The van der Waals surface area contributed by atoms with Crippen molar-refractivity contribution in [2.45, 2.75) is 0 Å². The summed E-state index contributed by atoms with van der Waals surface area (Å²) in [6.07, 6.45) is 0. The van der Waals surface area contributed by atoms with Gasteiger partial charge in [0.25, 0.3) is 0 Å². The van der Waals surface area contributed by atoms with Gasteiger partial charge in [-0.1, -0.05) is 188 Å². The van der Waals surface area contributed by atoms with Crippen molar-refractivity contribution in [3.05, 3.63) is 200 Å². The third-order valence-electron chi connectivity index (χ3n) is 10.2. The zero-order valence-electron chi connectivity index (χ0n) is 29.8. The lowest BCUT2D eigenvalue weighted by Crippen LogP contribution is -2.00.